The molecule has 5 nitrogen and oxygen atoms in total. The number of rotatable bonds is 6. The molecule has 0 bridgehead atoms. The summed E-state index contributed by atoms with van der Waals surface area (Å²) in [6, 6.07) is 13.3. The minimum absolute atomic E-state index is 0.203. The molecule has 1 heterocycles. The lowest BCUT2D eigenvalue weighted by molar-refractivity contribution is 0.0695. The lowest BCUT2D eigenvalue weighted by atomic mass is 9.74. The average Bonchev–Trinajstić information content (AvgIpc) is 3.26. The van der Waals surface area contributed by atoms with E-state index >= 15 is 0 Å². The van der Waals surface area contributed by atoms with Crippen molar-refractivity contribution in [1.29, 1.82) is 0 Å². The second-order valence-corrected chi connectivity index (χ2v) is 11.6. The second-order valence-electron chi connectivity index (χ2n) is 10.6. The molecule has 0 spiro atoms. The molecule has 0 aliphatic carbocycles. The standard InChI is InChI=1S/C28H34N2O3S/c1-27(2,3)21-16-20(26(32)33)19(23(24(21)31)28(4,5)6)14-11-17-9-12-18(13-10-17)30-25(29)22-8-7-15-34-22/h7-10,12-13,15-16,31H,11,14H2,1-6H3,(H2,29,30)(H,32,33). The van der Waals surface area contributed by atoms with Crippen LogP contribution in [0.2, 0.25) is 0 Å². The molecule has 0 aliphatic rings. The third-order valence-electron chi connectivity index (χ3n) is 5.82. The Balaban J connectivity index is 1.94. The van der Waals surface area contributed by atoms with Crippen LogP contribution < -0.4 is 5.73 Å². The monoisotopic (exact) mass is 478 g/mol. The summed E-state index contributed by atoms with van der Waals surface area (Å²) in [5, 5.41) is 23.2. The van der Waals surface area contributed by atoms with Crippen molar-refractivity contribution in [1.82, 2.24) is 0 Å². The largest absolute Gasteiger partial charge is 0.507 e. The van der Waals surface area contributed by atoms with Gasteiger partial charge in [0.25, 0.3) is 0 Å². The van der Waals surface area contributed by atoms with Gasteiger partial charge in [-0.3, -0.25) is 0 Å². The van der Waals surface area contributed by atoms with E-state index in [1.54, 1.807) is 17.4 Å². The SMILES string of the molecule is CC(C)(C)c1cc(C(=O)O)c(CCc2ccc(N=C(N)c3cccs3)cc2)c(C(C)(C)C)c1O. The summed E-state index contributed by atoms with van der Waals surface area (Å²) in [5.41, 5.74) is 9.43. The minimum atomic E-state index is -0.972. The summed E-state index contributed by atoms with van der Waals surface area (Å²) < 4.78 is 0. The summed E-state index contributed by atoms with van der Waals surface area (Å²) in [6.07, 6.45) is 1.15. The van der Waals surface area contributed by atoms with Gasteiger partial charge < -0.3 is 15.9 Å². The highest BCUT2D eigenvalue weighted by molar-refractivity contribution is 7.12. The molecule has 2 aromatic carbocycles. The molecular formula is C28H34N2O3S. The van der Waals surface area contributed by atoms with Crippen molar-refractivity contribution in [3.8, 4) is 5.75 Å². The van der Waals surface area contributed by atoms with Crippen molar-refractivity contribution in [2.24, 2.45) is 10.7 Å². The van der Waals surface area contributed by atoms with E-state index in [0.29, 0.717) is 35.4 Å². The van der Waals surface area contributed by atoms with Crippen LogP contribution in [-0.4, -0.2) is 22.0 Å². The van der Waals surface area contributed by atoms with Crippen LogP contribution in [0, 0.1) is 0 Å². The van der Waals surface area contributed by atoms with Crippen molar-refractivity contribution in [3.05, 3.63) is 80.5 Å². The predicted octanol–water partition coefficient (Wildman–Crippen LogP) is 6.57. The van der Waals surface area contributed by atoms with Gasteiger partial charge in [0.2, 0.25) is 0 Å². The van der Waals surface area contributed by atoms with Gasteiger partial charge in [-0.1, -0.05) is 59.7 Å². The maximum absolute atomic E-state index is 12.2. The molecule has 34 heavy (non-hydrogen) atoms. The quantitative estimate of drug-likeness (QED) is 0.276. The fourth-order valence-electron chi connectivity index (χ4n) is 4.17. The highest BCUT2D eigenvalue weighted by Crippen LogP contribution is 2.43. The molecule has 180 valence electrons. The van der Waals surface area contributed by atoms with E-state index in [1.165, 1.54) is 0 Å². The molecule has 0 amide bonds. The van der Waals surface area contributed by atoms with Crippen LogP contribution in [-0.2, 0) is 23.7 Å². The number of carboxylic acids is 1. The third-order valence-corrected chi connectivity index (χ3v) is 6.71. The van der Waals surface area contributed by atoms with Gasteiger partial charge in [-0.15, -0.1) is 11.3 Å². The molecule has 0 saturated carbocycles. The van der Waals surface area contributed by atoms with E-state index in [-0.39, 0.29) is 16.7 Å². The van der Waals surface area contributed by atoms with Crippen molar-refractivity contribution in [3.63, 3.8) is 0 Å². The number of phenolic OH excluding ortho intramolecular Hbond substituents is 1. The van der Waals surface area contributed by atoms with Crippen LogP contribution in [0.4, 0.5) is 5.69 Å². The van der Waals surface area contributed by atoms with Crippen LogP contribution in [0.1, 0.15) is 79.0 Å². The van der Waals surface area contributed by atoms with Gasteiger partial charge in [0.15, 0.2) is 0 Å². The number of aromatic hydroxyl groups is 1. The van der Waals surface area contributed by atoms with Gasteiger partial charge in [0.05, 0.1) is 16.1 Å². The fourth-order valence-corrected chi connectivity index (χ4v) is 4.79. The molecule has 0 aliphatic heterocycles. The molecule has 6 heteroatoms. The first kappa shape index (κ1) is 25.5. The summed E-state index contributed by atoms with van der Waals surface area (Å²) in [5.74, 6) is -0.286. The van der Waals surface area contributed by atoms with Gasteiger partial charge in [-0.25, -0.2) is 9.79 Å². The zero-order valence-electron chi connectivity index (χ0n) is 20.8. The number of carboxylic acid groups (broad SMARTS) is 1. The Kier molecular flexibility index (Phi) is 7.22. The van der Waals surface area contributed by atoms with Crippen LogP contribution in [0.3, 0.4) is 0 Å². The van der Waals surface area contributed by atoms with Crippen LogP contribution >= 0.6 is 11.3 Å². The van der Waals surface area contributed by atoms with Gasteiger partial charge in [-0.2, -0.15) is 0 Å². The Labute approximate surface area is 206 Å². The smallest absolute Gasteiger partial charge is 0.335 e. The summed E-state index contributed by atoms with van der Waals surface area (Å²) in [6.45, 7) is 12.0. The Morgan fingerprint density at radius 3 is 2.15 bits per heavy atom. The highest BCUT2D eigenvalue weighted by Gasteiger charge is 2.31. The number of aliphatic imine (C=N–C) groups is 1. The number of hydrogen-bond donors (Lipinski definition) is 3. The van der Waals surface area contributed by atoms with Crippen molar-refractivity contribution in [2.45, 2.75) is 65.2 Å². The number of amidine groups is 1. The number of hydrogen-bond acceptors (Lipinski definition) is 4. The fraction of sp³-hybridized carbons (Fsp3) is 0.357. The predicted molar refractivity (Wildman–Crippen MR) is 141 cm³/mol. The first-order valence-corrected chi connectivity index (χ1v) is 12.3. The number of nitrogens with two attached hydrogens (primary N) is 1. The van der Waals surface area contributed by atoms with Crippen molar-refractivity contribution >= 4 is 28.8 Å². The third kappa shape index (κ3) is 5.68. The maximum atomic E-state index is 12.2. The topological polar surface area (TPSA) is 95.9 Å². The number of phenols is 1. The lowest BCUT2D eigenvalue weighted by Gasteiger charge is -2.31. The first-order valence-electron chi connectivity index (χ1n) is 11.4. The summed E-state index contributed by atoms with van der Waals surface area (Å²) >= 11 is 1.55. The number of thiophene rings is 1. The van der Waals surface area contributed by atoms with E-state index in [4.69, 9.17) is 5.73 Å². The van der Waals surface area contributed by atoms with E-state index in [1.807, 2.05) is 83.3 Å². The number of nitrogens with zero attached hydrogens (tertiary/aromatic N) is 1. The maximum Gasteiger partial charge on any atom is 0.335 e. The molecule has 0 saturated heterocycles. The molecule has 0 radical (unpaired) electrons. The molecule has 0 atom stereocenters. The van der Waals surface area contributed by atoms with E-state index in [2.05, 4.69) is 4.99 Å². The number of aryl methyl sites for hydroxylation is 1. The highest BCUT2D eigenvalue weighted by atomic mass is 32.1. The Morgan fingerprint density at radius 2 is 1.65 bits per heavy atom. The van der Waals surface area contributed by atoms with Gasteiger partial charge in [0.1, 0.15) is 11.6 Å². The Morgan fingerprint density at radius 1 is 1.00 bits per heavy atom. The second kappa shape index (κ2) is 9.63. The zero-order chi connectivity index (χ0) is 25.3. The van der Waals surface area contributed by atoms with Crippen molar-refractivity contribution in [2.75, 3.05) is 0 Å². The zero-order valence-corrected chi connectivity index (χ0v) is 21.6. The molecule has 0 fully saturated rings. The molecule has 1 aromatic heterocycles. The van der Waals surface area contributed by atoms with Gasteiger partial charge >= 0.3 is 5.97 Å². The average molecular weight is 479 g/mol. The normalized spacial score (nSPS) is 12.7. The Hall–Kier alpha value is -3.12. The summed E-state index contributed by atoms with van der Waals surface area (Å²) in [7, 11) is 0. The molecule has 3 rings (SSSR count). The first-order chi connectivity index (χ1) is 15.8. The summed E-state index contributed by atoms with van der Waals surface area (Å²) in [4.78, 5) is 17.7. The van der Waals surface area contributed by atoms with Crippen LogP contribution in [0.25, 0.3) is 0 Å². The molecule has 3 aromatic rings. The van der Waals surface area contributed by atoms with Crippen molar-refractivity contribution < 1.29 is 15.0 Å². The number of benzene rings is 2. The Bertz CT molecular complexity index is 1200. The van der Waals surface area contributed by atoms with E-state index in [0.717, 1.165) is 16.1 Å². The van der Waals surface area contributed by atoms with Gasteiger partial charge in [0, 0.05) is 11.1 Å². The van der Waals surface area contributed by atoms with Gasteiger partial charge in [-0.05, 0) is 64.4 Å². The molecule has 4 N–H and O–H groups in total. The minimum Gasteiger partial charge on any atom is -0.507 e. The van der Waals surface area contributed by atoms with E-state index < -0.39 is 11.4 Å². The molecular weight excluding hydrogens is 444 g/mol. The van der Waals surface area contributed by atoms with Crippen LogP contribution in [0.5, 0.6) is 5.75 Å². The lowest BCUT2D eigenvalue weighted by Crippen LogP contribution is -2.22. The number of aromatic carboxylic acids is 1. The molecule has 0 unspecified atom stereocenters. The van der Waals surface area contributed by atoms with E-state index in [9.17, 15) is 15.0 Å². The number of carbonyl (C=O) groups is 1. The van der Waals surface area contributed by atoms with Crippen LogP contribution in [0.15, 0.2) is 52.8 Å².